The van der Waals surface area contributed by atoms with Crippen LogP contribution in [0.2, 0.25) is 0 Å². The summed E-state index contributed by atoms with van der Waals surface area (Å²) in [6.45, 7) is 8.14. The van der Waals surface area contributed by atoms with Gasteiger partial charge in [-0.3, -0.25) is 4.79 Å². The summed E-state index contributed by atoms with van der Waals surface area (Å²) >= 11 is 0. The number of ether oxygens (including phenoxy) is 1. The average Bonchev–Trinajstić information content (AvgIpc) is 2.20. The molecular formula is C12H22N2O2. The van der Waals surface area contributed by atoms with E-state index in [2.05, 4.69) is 18.8 Å². The highest BCUT2D eigenvalue weighted by molar-refractivity contribution is 5.95. The van der Waals surface area contributed by atoms with Gasteiger partial charge in [0.05, 0.1) is 7.11 Å². The predicted octanol–water partition coefficient (Wildman–Crippen LogP) is 1.55. The molecule has 4 heteroatoms. The topological polar surface area (TPSA) is 41.9 Å². The molecule has 0 N–H and O–H groups in total. The van der Waals surface area contributed by atoms with Gasteiger partial charge in [-0.2, -0.15) is 0 Å². The van der Waals surface area contributed by atoms with Crippen LogP contribution in [-0.2, 0) is 9.53 Å². The summed E-state index contributed by atoms with van der Waals surface area (Å²) in [5.74, 6) is 1.28. The van der Waals surface area contributed by atoms with E-state index in [0.717, 1.165) is 0 Å². The number of carbonyl (C=O) groups is 1. The fourth-order valence-electron chi connectivity index (χ4n) is 2.12. The molecule has 0 aliphatic carbocycles. The molecule has 0 radical (unpaired) electrons. The number of hydrogen-bond acceptors (Lipinski definition) is 3. The smallest absolute Gasteiger partial charge is 0.248 e. The summed E-state index contributed by atoms with van der Waals surface area (Å²) in [4.78, 5) is 18.3. The molecule has 0 spiro atoms. The second-order valence-electron chi connectivity index (χ2n) is 5.00. The van der Waals surface area contributed by atoms with Gasteiger partial charge in [0.25, 0.3) is 0 Å². The fraction of sp³-hybridized carbons (Fsp3) is 0.833. The average molecular weight is 226 g/mol. The van der Waals surface area contributed by atoms with E-state index in [1.54, 1.807) is 12.0 Å². The van der Waals surface area contributed by atoms with Gasteiger partial charge in [0, 0.05) is 7.05 Å². The minimum atomic E-state index is -0.296. The molecule has 1 rings (SSSR count). The number of carbonyl (C=O) groups excluding carboxylic acids is 1. The van der Waals surface area contributed by atoms with Crippen LogP contribution >= 0.6 is 0 Å². The molecule has 16 heavy (non-hydrogen) atoms. The van der Waals surface area contributed by atoms with Crippen molar-refractivity contribution >= 4 is 11.8 Å². The maximum atomic E-state index is 12.1. The second kappa shape index (κ2) is 4.85. The Hall–Kier alpha value is -1.06. The lowest BCUT2D eigenvalue weighted by Crippen LogP contribution is -2.54. The molecule has 1 aliphatic heterocycles. The van der Waals surface area contributed by atoms with Crippen LogP contribution in [0.15, 0.2) is 4.99 Å². The van der Waals surface area contributed by atoms with E-state index in [-0.39, 0.29) is 23.9 Å². The maximum absolute atomic E-state index is 12.1. The van der Waals surface area contributed by atoms with Crippen molar-refractivity contribution in [2.75, 3.05) is 14.2 Å². The van der Waals surface area contributed by atoms with Crippen molar-refractivity contribution in [3.05, 3.63) is 0 Å². The summed E-state index contributed by atoms with van der Waals surface area (Å²) in [5.41, 5.74) is 0. The van der Waals surface area contributed by atoms with Crippen LogP contribution in [0.1, 0.15) is 27.7 Å². The van der Waals surface area contributed by atoms with E-state index in [1.807, 2.05) is 20.9 Å². The summed E-state index contributed by atoms with van der Waals surface area (Å²) in [5, 5.41) is 0. The van der Waals surface area contributed by atoms with Gasteiger partial charge in [0.1, 0.15) is 12.1 Å². The van der Waals surface area contributed by atoms with Crippen LogP contribution in [-0.4, -0.2) is 42.9 Å². The van der Waals surface area contributed by atoms with E-state index >= 15 is 0 Å². The van der Waals surface area contributed by atoms with Crippen molar-refractivity contribution in [3.8, 4) is 0 Å². The molecule has 4 nitrogen and oxygen atoms in total. The summed E-state index contributed by atoms with van der Waals surface area (Å²) in [7, 11) is 3.45. The van der Waals surface area contributed by atoms with E-state index in [4.69, 9.17) is 4.74 Å². The second-order valence-corrected chi connectivity index (χ2v) is 5.00. The molecule has 1 amide bonds. The molecule has 1 aliphatic rings. The van der Waals surface area contributed by atoms with E-state index in [9.17, 15) is 4.79 Å². The number of hydrogen-bond donors (Lipinski definition) is 0. The van der Waals surface area contributed by atoms with Crippen molar-refractivity contribution in [3.63, 3.8) is 0 Å². The lowest BCUT2D eigenvalue weighted by Gasteiger charge is -2.38. The highest BCUT2D eigenvalue weighted by atomic mass is 16.5. The summed E-state index contributed by atoms with van der Waals surface area (Å²) < 4.78 is 5.32. The number of rotatable bonds is 2. The van der Waals surface area contributed by atoms with Crippen molar-refractivity contribution in [2.45, 2.75) is 39.8 Å². The van der Waals surface area contributed by atoms with Crippen molar-refractivity contribution in [1.29, 1.82) is 0 Å². The zero-order valence-corrected chi connectivity index (χ0v) is 11.0. The van der Waals surface area contributed by atoms with Gasteiger partial charge in [-0.05, 0) is 11.8 Å². The fourth-order valence-corrected chi connectivity index (χ4v) is 2.12. The first-order valence-electron chi connectivity index (χ1n) is 5.78. The Morgan fingerprint density at radius 2 is 1.81 bits per heavy atom. The minimum absolute atomic E-state index is 0.0347. The molecule has 0 saturated carbocycles. The van der Waals surface area contributed by atoms with Crippen LogP contribution in [0, 0.1) is 11.8 Å². The molecule has 0 saturated heterocycles. The molecule has 92 valence electrons. The van der Waals surface area contributed by atoms with Crippen LogP contribution in [0.5, 0.6) is 0 Å². The normalized spacial score (nSPS) is 26.4. The Balaban J connectivity index is 3.09. The van der Waals surface area contributed by atoms with Gasteiger partial charge in [-0.25, -0.2) is 4.99 Å². The Morgan fingerprint density at radius 1 is 1.25 bits per heavy atom. The van der Waals surface area contributed by atoms with Crippen LogP contribution in [0.3, 0.4) is 0 Å². The first-order chi connectivity index (χ1) is 7.40. The van der Waals surface area contributed by atoms with Gasteiger partial charge in [-0.1, -0.05) is 27.7 Å². The molecule has 0 bridgehead atoms. The van der Waals surface area contributed by atoms with E-state index in [1.165, 1.54) is 0 Å². The highest BCUT2D eigenvalue weighted by Crippen LogP contribution is 2.22. The third-order valence-electron chi connectivity index (χ3n) is 3.01. The zero-order chi connectivity index (χ0) is 12.5. The zero-order valence-electron chi connectivity index (χ0n) is 11.0. The largest absolute Gasteiger partial charge is 0.483 e. The Morgan fingerprint density at radius 3 is 2.19 bits per heavy atom. The number of nitrogens with zero attached hydrogens (tertiary/aromatic N) is 2. The van der Waals surface area contributed by atoms with Crippen LogP contribution in [0.4, 0.5) is 0 Å². The van der Waals surface area contributed by atoms with E-state index < -0.39 is 0 Å². The molecule has 2 atom stereocenters. The molecule has 0 aromatic heterocycles. The standard InChI is InChI=1S/C12H22N2O2/c1-7(2)9-12(15)14(5)10(8(3)4)11(13-9)16-6/h7-10H,1-6H3/t9-,10+/m1/s1. The van der Waals surface area contributed by atoms with Crippen LogP contribution in [0.25, 0.3) is 0 Å². The van der Waals surface area contributed by atoms with Crippen molar-refractivity contribution in [2.24, 2.45) is 16.8 Å². The maximum Gasteiger partial charge on any atom is 0.248 e. The Kier molecular flexibility index (Phi) is 3.94. The van der Waals surface area contributed by atoms with Gasteiger partial charge in [0.15, 0.2) is 0 Å². The molecular weight excluding hydrogens is 204 g/mol. The molecule has 0 fully saturated rings. The van der Waals surface area contributed by atoms with Gasteiger partial charge < -0.3 is 9.64 Å². The van der Waals surface area contributed by atoms with Gasteiger partial charge in [-0.15, -0.1) is 0 Å². The van der Waals surface area contributed by atoms with Crippen molar-refractivity contribution in [1.82, 2.24) is 4.90 Å². The number of aliphatic imine (C=N–C) groups is 1. The van der Waals surface area contributed by atoms with E-state index in [0.29, 0.717) is 11.8 Å². The van der Waals surface area contributed by atoms with Gasteiger partial charge in [0.2, 0.25) is 11.8 Å². The highest BCUT2D eigenvalue weighted by Gasteiger charge is 2.38. The molecule has 1 heterocycles. The predicted molar refractivity (Wildman–Crippen MR) is 64.5 cm³/mol. The number of amides is 1. The SMILES string of the molecule is COC1=N[C@H](C(C)C)C(=O)N(C)[C@H]1C(C)C. The lowest BCUT2D eigenvalue weighted by molar-refractivity contribution is -0.135. The molecule has 0 aromatic carbocycles. The quantitative estimate of drug-likeness (QED) is 0.717. The third kappa shape index (κ3) is 2.20. The first kappa shape index (κ1) is 13.0. The number of likely N-dealkylation sites (N-methyl/N-ethyl adjacent to an activating group) is 1. The lowest BCUT2D eigenvalue weighted by atomic mass is 9.95. The summed E-state index contributed by atoms with van der Waals surface area (Å²) in [6, 6.07) is -0.331. The first-order valence-corrected chi connectivity index (χ1v) is 5.78. The Bertz CT molecular complexity index is 297. The summed E-state index contributed by atoms with van der Waals surface area (Å²) in [6.07, 6.45) is 0. The van der Waals surface area contributed by atoms with Gasteiger partial charge >= 0.3 is 0 Å². The van der Waals surface area contributed by atoms with Crippen LogP contribution < -0.4 is 0 Å². The number of methoxy groups -OCH3 is 1. The molecule has 0 aromatic rings. The molecule has 0 unspecified atom stereocenters. The monoisotopic (exact) mass is 226 g/mol. The minimum Gasteiger partial charge on any atom is -0.483 e. The van der Waals surface area contributed by atoms with Crippen molar-refractivity contribution < 1.29 is 9.53 Å². The Labute approximate surface area is 97.7 Å². The third-order valence-corrected chi connectivity index (χ3v) is 3.01.